The summed E-state index contributed by atoms with van der Waals surface area (Å²) in [5.41, 5.74) is 1.40. The molecule has 0 aliphatic heterocycles. The lowest BCUT2D eigenvalue weighted by Gasteiger charge is -2.11. The molecule has 0 amide bonds. The van der Waals surface area contributed by atoms with Crippen molar-refractivity contribution >= 4 is 32.2 Å². The van der Waals surface area contributed by atoms with Gasteiger partial charge in [-0.1, -0.05) is 6.07 Å². The first-order chi connectivity index (χ1) is 12.3. The van der Waals surface area contributed by atoms with Crippen molar-refractivity contribution in [2.24, 2.45) is 5.10 Å². The van der Waals surface area contributed by atoms with Crippen LogP contribution < -0.4 is 19.0 Å². The van der Waals surface area contributed by atoms with Crippen molar-refractivity contribution < 1.29 is 22.6 Å². The number of nitrogens with one attached hydrogen (secondary N) is 1. The summed E-state index contributed by atoms with van der Waals surface area (Å²) in [6.07, 6.45) is 1.37. The van der Waals surface area contributed by atoms with Gasteiger partial charge in [-0.25, -0.2) is 0 Å². The quantitative estimate of drug-likeness (QED) is 0.525. The molecule has 0 radical (unpaired) electrons. The number of rotatable bonds is 7. The molecule has 26 heavy (non-hydrogen) atoms. The second-order valence-electron chi connectivity index (χ2n) is 5.21. The van der Waals surface area contributed by atoms with E-state index in [0.717, 1.165) is 5.56 Å². The first-order valence-electron chi connectivity index (χ1n) is 7.44. The first kappa shape index (κ1) is 20.1. The summed E-state index contributed by atoms with van der Waals surface area (Å²) in [5, 5.41) is 3.84. The molecule has 0 heterocycles. The molecule has 0 atom stereocenters. The number of aryl methyl sites for hydroxylation is 1. The number of hydrogen-bond donors (Lipinski definition) is 1. The first-order valence-corrected chi connectivity index (χ1v) is 9.71. The molecule has 2 aromatic rings. The number of ether oxygens (including phenoxy) is 3. The summed E-state index contributed by atoms with van der Waals surface area (Å²) < 4.78 is 41.2. The Morgan fingerprint density at radius 3 is 2.31 bits per heavy atom. The second kappa shape index (κ2) is 8.41. The molecule has 0 fully saturated rings. The van der Waals surface area contributed by atoms with Gasteiger partial charge >= 0.3 is 0 Å². The third kappa shape index (κ3) is 4.28. The van der Waals surface area contributed by atoms with Crippen LogP contribution in [0.5, 0.6) is 17.2 Å². The monoisotopic (exact) mass is 442 g/mol. The second-order valence-corrected chi connectivity index (χ2v) is 7.63. The van der Waals surface area contributed by atoms with Crippen LogP contribution >= 0.6 is 15.9 Å². The smallest absolute Gasteiger partial charge is 0.280 e. The van der Waals surface area contributed by atoms with Crippen LogP contribution in [0.1, 0.15) is 11.1 Å². The minimum atomic E-state index is -3.88. The highest BCUT2D eigenvalue weighted by Gasteiger charge is 2.19. The summed E-state index contributed by atoms with van der Waals surface area (Å²) in [6.45, 7) is 1.79. The van der Waals surface area contributed by atoms with Crippen LogP contribution in [0.25, 0.3) is 0 Å². The van der Waals surface area contributed by atoms with Crippen LogP contribution in [0.3, 0.4) is 0 Å². The highest BCUT2D eigenvalue weighted by atomic mass is 79.9. The molecule has 0 saturated heterocycles. The number of hydrazone groups is 1. The maximum Gasteiger partial charge on any atom is 0.280 e. The van der Waals surface area contributed by atoms with E-state index in [4.69, 9.17) is 14.2 Å². The van der Waals surface area contributed by atoms with Crippen molar-refractivity contribution in [3.63, 3.8) is 0 Å². The van der Waals surface area contributed by atoms with Crippen LogP contribution in [0.15, 0.2) is 44.8 Å². The SMILES string of the molecule is COc1ccc(C)cc1S(=O)(=O)N/N=C/c1ccc(OC)c(OC)c1Br. The van der Waals surface area contributed by atoms with Gasteiger partial charge in [-0.3, -0.25) is 0 Å². The molecular formula is C17H19BrN2O5S. The van der Waals surface area contributed by atoms with Gasteiger partial charge in [0.1, 0.15) is 10.6 Å². The molecule has 9 heteroatoms. The molecule has 1 N–H and O–H groups in total. The summed E-state index contributed by atoms with van der Waals surface area (Å²) in [4.78, 5) is 2.20. The molecule has 0 saturated carbocycles. The van der Waals surface area contributed by atoms with Gasteiger partial charge in [0.15, 0.2) is 11.5 Å². The van der Waals surface area contributed by atoms with Gasteiger partial charge in [0.25, 0.3) is 10.0 Å². The Labute approximate surface area is 161 Å². The van der Waals surface area contributed by atoms with Crippen LogP contribution in [0.2, 0.25) is 0 Å². The average Bonchev–Trinajstić information content (AvgIpc) is 2.62. The number of methoxy groups -OCH3 is 3. The Morgan fingerprint density at radius 2 is 1.69 bits per heavy atom. The van der Waals surface area contributed by atoms with Gasteiger partial charge in [-0.05, 0) is 52.7 Å². The van der Waals surface area contributed by atoms with Crippen molar-refractivity contribution in [1.82, 2.24) is 4.83 Å². The van der Waals surface area contributed by atoms with Gasteiger partial charge in [0.2, 0.25) is 0 Å². The normalized spacial score (nSPS) is 11.4. The van der Waals surface area contributed by atoms with Crippen molar-refractivity contribution in [3.8, 4) is 17.2 Å². The molecule has 0 aromatic heterocycles. The summed E-state index contributed by atoms with van der Waals surface area (Å²) >= 11 is 3.40. The van der Waals surface area contributed by atoms with Crippen LogP contribution in [-0.4, -0.2) is 36.0 Å². The van der Waals surface area contributed by atoms with Crippen molar-refractivity contribution in [2.45, 2.75) is 11.8 Å². The Hall–Kier alpha value is -2.26. The zero-order chi connectivity index (χ0) is 19.3. The highest BCUT2D eigenvalue weighted by molar-refractivity contribution is 9.10. The van der Waals surface area contributed by atoms with Gasteiger partial charge in [0.05, 0.1) is 32.0 Å². The fourth-order valence-corrected chi connectivity index (χ4v) is 3.85. The molecule has 2 rings (SSSR count). The number of halogens is 1. The van der Waals surface area contributed by atoms with E-state index in [1.807, 2.05) is 0 Å². The topological polar surface area (TPSA) is 86.2 Å². The molecule has 0 spiro atoms. The van der Waals surface area contributed by atoms with Crippen molar-refractivity contribution in [3.05, 3.63) is 45.9 Å². The van der Waals surface area contributed by atoms with Crippen LogP contribution in [-0.2, 0) is 10.0 Å². The number of nitrogens with zero attached hydrogens (tertiary/aromatic N) is 1. The molecule has 0 bridgehead atoms. The highest BCUT2D eigenvalue weighted by Crippen LogP contribution is 2.36. The van der Waals surface area contributed by atoms with E-state index >= 15 is 0 Å². The molecule has 7 nitrogen and oxygen atoms in total. The number of hydrogen-bond acceptors (Lipinski definition) is 6. The van der Waals surface area contributed by atoms with Gasteiger partial charge in [0, 0.05) is 5.56 Å². The summed E-state index contributed by atoms with van der Waals surface area (Å²) in [7, 11) is 0.569. The molecule has 2 aromatic carbocycles. The van der Waals surface area contributed by atoms with Gasteiger partial charge in [-0.2, -0.15) is 18.4 Å². The predicted octanol–water partition coefficient (Wildman–Crippen LogP) is 3.10. The van der Waals surface area contributed by atoms with Crippen molar-refractivity contribution in [1.29, 1.82) is 0 Å². The lowest BCUT2D eigenvalue weighted by molar-refractivity contribution is 0.353. The lowest BCUT2D eigenvalue weighted by Crippen LogP contribution is -2.19. The van der Waals surface area contributed by atoms with E-state index in [1.165, 1.54) is 33.6 Å². The number of sulfonamides is 1. The number of benzene rings is 2. The largest absolute Gasteiger partial charge is 0.495 e. The van der Waals surface area contributed by atoms with E-state index in [1.54, 1.807) is 31.2 Å². The Bertz CT molecular complexity index is 929. The maximum absolute atomic E-state index is 12.5. The van der Waals surface area contributed by atoms with Crippen LogP contribution in [0, 0.1) is 6.92 Å². The van der Waals surface area contributed by atoms with E-state index in [9.17, 15) is 8.42 Å². The molecule has 0 aliphatic carbocycles. The predicted molar refractivity (Wildman–Crippen MR) is 103 cm³/mol. The average molecular weight is 443 g/mol. The fraction of sp³-hybridized carbons (Fsp3) is 0.235. The third-order valence-electron chi connectivity index (χ3n) is 3.50. The summed E-state index contributed by atoms with van der Waals surface area (Å²) in [6, 6.07) is 8.29. The van der Waals surface area contributed by atoms with E-state index < -0.39 is 10.0 Å². The minimum Gasteiger partial charge on any atom is -0.495 e. The fourth-order valence-electron chi connectivity index (χ4n) is 2.21. The van der Waals surface area contributed by atoms with E-state index in [-0.39, 0.29) is 10.6 Å². The maximum atomic E-state index is 12.5. The molecule has 0 aliphatic rings. The third-order valence-corrected chi connectivity index (χ3v) is 5.56. The Morgan fingerprint density at radius 1 is 1.04 bits per heavy atom. The standard InChI is InChI=1S/C17H19BrN2O5S/c1-11-5-7-13(23-2)15(9-11)26(21,22)20-19-10-12-6-8-14(24-3)17(25-4)16(12)18/h5-10,20H,1-4H3/b19-10+. The summed E-state index contributed by atoms with van der Waals surface area (Å²) in [5.74, 6) is 1.27. The van der Waals surface area contributed by atoms with E-state index in [2.05, 4.69) is 25.9 Å². The van der Waals surface area contributed by atoms with Gasteiger partial charge < -0.3 is 14.2 Å². The minimum absolute atomic E-state index is 0.0172. The molecule has 140 valence electrons. The van der Waals surface area contributed by atoms with E-state index in [0.29, 0.717) is 21.5 Å². The molecular weight excluding hydrogens is 424 g/mol. The zero-order valence-corrected chi connectivity index (χ0v) is 17.1. The van der Waals surface area contributed by atoms with Gasteiger partial charge in [-0.15, -0.1) is 0 Å². The lowest BCUT2D eigenvalue weighted by atomic mass is 10.2. The zero-order valence-electron chi connectivity index (χ0n) is 14.7. The Kier molecular flexibility index (Phi) is 6.49. The Balaban J connectivity index is 2.29. The van der Waals surface area contributed by atoms with Crippen molar-refractivity contribution in [2.75, 3.05) is 21.3 Å². The molecule has 0 unspecified atom stereocenters. The van der Waals surface area contributed by atoms with Crippen LogP contribution in [0.4, 0.5) is 0 Å².